The second kappa shape index (κ2) is 14.6. The van der Waals surface area contributed by atoms with Crippen LogP contribution in [0.25, 0.3) is 0 Å². The molecule has 11 heteroatoms. The number of ether oxygens (including phenoxy) is 2. The van der Waals surface area contributed by atoms with Gasteiger partial charge in [0.1, 0.15) is 23.7 Å². The Morgan fingerprint density at radius 2 is 1.51 bits per heavy atom. The minimum absolute atomic E-state index is 0.000254. The third-order valence-corrected chi connectivity index (χ3v) is 9.22. The number of hydrogen-bond donors (Lipinski definition) is 2. The molecule has 2 N–H and O–H groups in total. The second-order valence-electron chi connectivity index (χ2n) is 10.9. The van der Waals surface area contributed by atoms with Crippen LogP contribution in [0.2, 0.25) is 5.02 Å². The monoisotopic (exact) mass is 667 g/mol. The Hall–Kier alpha value is -5.06. The normalized spacial score (nSPS) is 17.0. The topological polar surface area (TPSA) is 114 Å². The Kier molecular flexibility index (Phi) is 9.89. The molecule has 4 aromatic rings. The molecule has 2 aliphatic heterocycles. The molecule has 0 aromatic heterocycles. The lowest BCUT2D eigenvalue weighted by Crippen LogP contribution is -2.70. The Labute approximate surface area is 280 Å². The summed E-state index contributed by atoms with van der Waals surface area (Å²) in [6.45, 7) is -0.271. The number of amides is 3. The molecule has 2 atom stereocenters. The predicted octanol–water partition coefficient (Wildman–Crippen LogP) is 6.12. The Morgan fingerprint density at radius 3 is 2.15 bits per heavy atom. The van der Waals surface area contributed by atoms with Gasteiger partial charge in [0.2, 0.25) is 5.91 Å². The van der Waals surface area contributed by atoms with Gasteiger partial charge in [0.15, 0.2) is 6.10 Å². The highest BCUT2D eigenvalue weighted by Crippen LogP contribution is 2.41. The quantitative estimate of drug-likeness (QED) is 0.155. The number of esters is 1. The van der Waals surface area contributed by atoms with Gasteiger partial charge in [-0.3, -0.25) is 19.8 Å². The number of nitrogens with one attached hydrogen (secondary N) is 2. The Balaban J connectivity index is 1.24. The zero-order chi connectivity index (χ0) is 32.8. The highest BCUT2D eigenvalue weighted by atomic mass is 35.5. The van der Waals surface area contributed by atoms with Crippen LogP contribution in [0.1, 0.15) is 22.8 Å². The molecule has 1 unspecified atom stereocenters. The van der Waals surface area contributed by atoms with Crippen molar-refractivity contribution in [1.82, 2.24) is 10.2 Å². The minimum atomic E-state index is -0.827. The number of nitrogens with zero attached hydrogens (tertiary/aromatic N) is 1. The van der Waals surface area contributed by atoms with Crippen LogP contribution in [-0.4, -0.2) is 52.6 Å². The molecule has 238 valence electrons. The maximum absolute atomic E-state index is 14.1. The van der Waals surface area contributed by atoms with Crippen molar-refractivity contribution in [2.45, 2.75) is 23.9 Å². The van der Waals surface area contributed by atoms with E-state index in [0.717, 1.165) is 16.7 Å². The predicted molar refractivity (Wildman–Crippen MR) is 179 cm³/mol. The number of benzene rings is 4. The molecule has 0 saturated carbocycles. The van der Waals surface area contributed by atoms with Crippen molar-refractivity contribution in [1.29, 1.82) is 0 Å². The molecular weight excluding hydrogens is 638 g/mol. The van der Waals surface area contributed by atoms with E-state index in [1.54, 1.807) is 24.3 Å². The number of carbonyl (C=O) groups excluding carboxylic acids is 4. The first-order valence-electron chi connectivity index (χ1n) is 14.9. The third-order valence-electron chi connectivity index (χ3n) is 7.64. The van der Waals surface area contributed by atoms with Gasteiger partial charge in [-0.1, -0.05) is 109 Å². The van der Waals surface area contributed by atoms with Crippen molar-refractivity contribution in [3.8, 4) is 0 Å². The summed E-state index contributed by atoms with van der Waals surface area (Å²) in [5.74, 6) is -1.24. The van der Waals surface area contributed by atoms with E-state index in [2.05, 4.69) is 10.6 Å². The summed E-state index contributed by atoms with van der Waals surface area (Å²) in [4.78, 5) is 54.6. The number of carbonyl (C=O) groups is 4. The maximum Gasteiger partial charge on any atom is 0.411 e. The van der Waals surface area contributed by atoms with Crippen LogP contribution >= 0.6 is 23.4 Å². The lowest BCUT2D eigenvalue weighted by atomic mass is 10.0. The lowest BCUT2D eigenvalue weighted by molar-refractivity contribution is -0.154. The number of hydrogen-bond acceptors (Lipinski definition) is 7. The van der Waals surface area contributed by atoms with Crippen LogP contribution in [0.3, 0.4) is 0 Å². The average molecular weight is 668 g/mol. The molecule has 1 saturated heterocycles. The standard InChI is InChI=1S/C36H30ClN3O6S/c37-27-17-10-18-28(20-27)38-36(44)45-21-26-22-47-34-30(39-29(41)19-23-11-4-1-5-12-23)33(42)40(34)31(26)35(43)46-32(24-13-6-2-7-14-24)25-15-8-3-9-16-25/h1-18,20,30,32,34H,19,21-22H2,(H,38,44)(H,39,41)/t30?,34-/m1/s1. The number of rotatable bonds is 10. The number of anilines is 1. The summed E-state index contributed by atoms with van der Waals surface area (Å²) in [6.07, 6.45) is -1.41. The summed E-state index contributed by atoms with van der Waals surface area (Å²) in [5.41, 5.74) is 3.15. The summed E-state index contributed by atoms with van der Waals surface area (Å²) < 4.78 is 11.6. The molecule has 0 radical (unpaired) electrons. The molecule has 2 heterocycles. The highest BCUT2D eigenvalue weighted by molar-refractivity contribution is 8.00. The van der Waals surface area contributed by atoms with Gasteiger partial charge in [-0.05, 0) is 34.9 Å². The molecule has 9 nitrogen and oxygen atoms in total. The summed E-state index contributed by atoms with van der Waals surface area (Å²) in [6, 6.07) is 33.6. The van der Waals surface area contributed by atoms with Crippen molar-refractivity contribution in [3.63, 3.8) is 0 Å². The van der Waals surface area contributed by atoms with Crippen LogP contribution in [0.4, 0.5) is 10.5 Å². The number of fused-ring (bicyclic) bond motifs is 1. The van der Waals surface area contributed by atoms with E-state index in [9.17, 15) is 19.2 Å². The molecule has 2 aliphatic rings. The van der Waals surface area contributed by atoms with Gasteiger partial charge in [-0.15, -0.1) is 11.8 Å². The van der Waals surface area contributed by atoms with E-state index in [1.165, 1.54) is 16.7 Å². The third kappa shape index (κ3) is 7.51. The van der Waals surface area contributed by atoms with Crippen LogP contribution < -0.4 is 10.6 Å². The average Bonchev–Trinajstić information content (AvgIpc) is 3.09. The van der Waals surface area contributed by atoms with Crippen LogP contribution in [0, 0.1) is 0 Å². The second-order valence-corrected chi connectivity index (χ2v) is 12.4. The molecule has 6 rings (SSSR count). The van der Waals surface area contributed by atoms with Gasteiger partial charge < -0.3 is 14.8 Å². The minimum Gasteiger partial charge on any atom is -0.448 e. The lowest BCUT2D eigenvalue weighted by Gasteiger charge is -2.49. The Morgan fingerprint density at radius 1 is 0.872 bits per heavy atom. The molecule has 1 fully saturated rings. The summed E-state index contributed by atoms with van der Waals surface area (Å²) in [5, 5.41) is 5.35. The fourth-order valence-corrected chi connectivity index (χ4v) is 6.93. The molecular formula is C36H30ClN3O6S. The Bertz CT molecular complexity index is 1770. The van der Waals surface area contributed by atoms with Crippen molar-refractivity contribution in [2.75, 3.05) is 17.7 Å². The van der Waals surface area contributed by atoms with Crippen molar-refractivity contribution in [3.05, 3.63) is 148 Å². The SMILES string of the molecule is O=C(Cc1ccccc1)NC1C(=O)N2C(C(=O)OC(c3ccccc3)c3ccccc3)=C(COC(=O)Nc3cccc(Cl)c3)CS[C@H]12. The fraction of sp³-hybridized carbons (Fsp3) is 0.167. The summed E-state index contributed by atoms with van der Waals surface area (Å²) >= 11 is 7.39. The zero-order valence-electron chi connectivity index (χ0n) is 25.0. The van der Waals surface area contributed by atoms with E-state index in [-0.39, 0.29) is 30.4 Å². The van der Waals surface area contributed by atoms with E-state index in [1.807, 2.05) is 91.0 Å². The zero-order valence-corrected chi connectivity index (χ0v) is 26.6. The first-order valence-corrected chi connectivity index (χ1v) is 16.3. The first kappa shape index (κ1) is 31.9. The maximum atomic E-state index is 14.1. The molecule has 47 heavy (non-hydrogen) atoms. The van der Waals surface area contributed by atoms with Gasteiger partial charge >= 0.3 is 12.1 Å². The first-order chi connectivity index (χ1) is 22.9. The van der Waals surface area contributed by atoms with E-state index < -0.39 is 35.5 Å². The van der Waals surface area contributed by atoms with Gasteiger partial charge in [0.25, 0.3) is 5.91 Å². The van der Waals surface area contributed by atoms with E-state index >= 15 is 0 Å². The van der Waals surface area contributed by atoms with Crippen LogP contribution in [0.15, 0.2) is 127 Å². The van der Waals surface area contributed by atoms with E-state index in [0.29, 0.717) is 16.3 Å². The molecule has 0 bridgehead atoms. The largest absolute Gasteiger partial charge is 0.448 e. The van der Waals surface area contributed by atoms with Gasteiger partial charge in [0.05, 0.1) is 6.42 Å². The molecule has 3 amide bonds. The smallest absolute Gasteiger partial charge is 0.411 e. The molecule has 0 aliphatic carbocycles. The van der Waals surface area contributed by atoms with Crippen molar-refractivity contribution >= 4 is 52.9 Å². The summed E-state index contributed by atoms with van der Waals surface area (Å²) in [7, 11) is 0. The number of β-lactam (4-membered cyclic amide) rings is 1. The fourth-order valence-electron chi connectivity index (χ4n) is 5.41. The highest BCUT2D eigenvalue weighted by Gasteiger charge is 2.54. The van der Waals surface area contributed by atoms with Crippen LogP contribution in [-0.2, 0) is 30.3 Å². The molecule has 4 aromatic carbocycles. The van der Waals surface area contributed by atoms with Crippen LogP contribution in [0.5, 0.6) is 0 Å². The molecule has 0 spiro atoms. The van der Waals surface area contributed by atoms with Gasteiger partial charge in [-0.25, -0.2) is 9.59 Å². The van der Waals surface area contributed by atoms with Gasteiger partial charge in [-0.2, -0.15) is 0 Å². The van der Waals surface area contributed by atoms with E-state index in [4.69, 9.17) is 21.1 Å². The number of halogens is 1. The van der Waals surface area contributed by atoms with Gasteiger partial charge in [0, 0.05) is 22.0 Å². The van der Waals surface area contributed by atoms with Crippen molar-refractivity contribution in [2.24, 2.45) is 0 Å². The number of thioether (sulfide) groups is 1. The van der Waals surface area contributed by atoms with Crippen molar-refractivity contribution < 1.29 is 28.7 Å².